The van der Waals surface area contributed by atoms with E-state index >= 15 is 0 Å². The number of aliphatic carboxylic acids is 1. The Morgan fingerprint density at radius 3 is 2.55 bits per heavy atom. The fourth-order valence-electron chi connectivity index (χ4n) is 2.40. The molecule has 0 unspecified atom stereocenters. The summed E-state index contributed by atoms with van der Waals surface area (Å²) >= 11 is 0. The lowest BCUT2D eigenvalue weighted by Crippen LogP contribution is -1.91. The molecule has 3 aromatic rings. The van der Waals surface area contributed by atoms with Crippen molar-refractivity contribution in [2.45, 2.75) is 13.8 Å². The van der Waals surface area contributed by atoms with Crippen LogP contribution in [0.5, 0.6) is 0 Å². The van der Waals surface area contributed by atoms with Crippen molar-refractivity contribution in [2.24, 2.45) is 0 Å². The molecule has 4 nitrogen and oxygen atoms in total. The van der Waals surface area contributed by atoms with Gasteiger partial charge < -0.3 is 5.11 Å². The van der Waals surface area contributed by atoms with Gasteiger partial charge in [0, 0.05) is 17.8 Å². The Hall–Kier alpha value is -2.88. The second kappa shape index (κ2) is 5.48. The van der Waals surface area contributed by atoms with Gasteiger partial charge in [0.1, 0.15) is 5.65 Å². The monoisotopic (exact) mass is 292 g/mol. The topological polar surface area (TPSA) is 54.6 Å². The van der Waals surface area contributed by atoms with Crippen LogP contribution in [0.4, 0.5) is 0 Å². The number of rotatable bonds is 3. The summed E-state index contributed by atoms with van der Waals surface area (Å²) in [7, 11) is 0. The number of hydrogen-bond donors (Lipinski definition) is 1. The smallest absolute Gasteiger partial charge is 0.328 e. The first-order valence-electron chi connectivity index (χ1n) is 7.01. The van der Waals surface area contributed by atoms with Crippen molar-refractivity contribution in [1.82, 2.24) is 9.38 Å². The number of imidazole rings is 1. The summed E-state index contributed by atoms with van der Waals surface area (Å²) in [6.45, 7) is 4.04. The minimum absolute atomic E-state index is 0.765. The van der Waals surface area contributed by atoms with Crippen LogP contribution in [0.15, 0.2) is 48.7 Å². The molecule has 0 amide bonds. The van der Waals surface area contributed by atoms with E-state index in [9.17, 15) is 4.79 Å². The normalized spacial score (nSPS) is 11.4. The summed E-state index contributed by atoms with van der Waals surface area (Å²) in [5, 5.41) is 8.91. The van der Waals surface area contributed by atoms with Crippen LogP contribution in [-0.4, -0.2) is 20.5 Å². The average Bonchev–Trinajstić information content (AvgIpc) is 2.83. The van der Waals surface area contributed by atoms with Gasteiger partial charge in [0.25, 0.3) is 0 Å². The maximum Gasteiger partial charge on any atom is 0.328 e. The number of fused-ring (bicyclic) bond motifs is 1. The fraction of sp³-hybridized carbons (Fsp3) is 0.111. The van der Waals surface area contributed by atoms with E-state index in [4.69, 9.17) is 5.11 Å². The third-order valence-electron chi connectivity index (χ3n) is 3.53. The van der Waals surface area contributed by atoms with Gasteiger partial charge in [0.2, 0.25) is 0 Å². The Morgan fingerprint density at radius 2 is 1.86 bits per heavy atom. The lowest BCUT2D eigenvalue weighted by Gasteiger charge is -2.01. The third kappa shape index (κ3) is 2.63. The number of benzene rings is 1. The Bertz CT molecular complexity index is 874. The van der Waals surface area contributed by atoms with Gasteiger partial charge in [0.15, 0.2) is 0 Å². The molecule has 0 aliphatic carbocycles. The number of nitrogens with zero attached hydrogens (tertiary/aromatic N) is 2. The Balaban J connectivity index is 2.25. The molecule has 1 aromatic carbocycles. The summed E-state index contributed by atoms with van der Waals surface area (Å²) in [6, 6.07) is 12.0. The van der Waals surface area contributed by atoms with Crippen molar-refractivity contribution >= 4 is 17.7 Å². The van der Waals surface area contributed by atoms with Gasteiger partial charge in [-0.15, -0.1) is 0 Å². The Morgan fingerprint density at radius 1 is 1.14 bits per heavy atom. The average molecular weight is 292 g/mol. The minimum Gasteiger partial charge on any atom is -0.478 e. The molecule has 3 rings (SSSR count). The molecule has 0 saturated carbocycles. The van der Waals surface area contributed by atoms with E-state index in [1.165, 1.54) is 5.56 Å². The summed E-state index contributed by atoms with van der Waals surface area (Å²) in [5.41, 5.74) is 5.61. The zero-order valence-electron chi connectivity index (χ0n) is 12.4. The molecule has 0 saturated heterocycles. The maximum absolute atomic E-state index is 10.9. The van der Waals surface area contributed by atoms with Crippen LogP contribution in [0.25, 0.3) is 23.0 Å². The van der Waals surface area contributed by atoms with E-state index in [1.54, 1.807) is 6.08 Å². The highest BCUT2D eigenvalue weighted by Crippen LogP contribution is 2.26. The molecule has 0 atom stereocenters. The van der Waals surface area contributed by atoms with Gasteiger partial charge in [-0.05, 0) is 37.6 Å². The SMILES string of the molecule is Cc1ccc(-c2nc3cc(C)ccn3c2/C=C/C(=O)O)cc1. The first-order valence-corrected chi connectivity index (χ1v) is 7.01. The lowest BCUT2D eigenvalue weighted by molar-refractivity contribution is -0.131. The van der Waals surface area contributed by atoms with Crippen LogP contribution >= 0.6 is 0 Å². The quantitative estimate of drug-likeness (QED) is 0.749. The molecule has 0 spiro atoms. The predicted molar refractivity (Wildman–Crippen MR) is 86.8 cm³/mol. The molecule has 0 bridgehead atoms. The largest absolute Gasteiger partial charge is 0.478 e. The number of aromatic nitrogens is 2. The van der Waals surface area contributed by atoms with Gasteiger partial charge in [0.05, 0.1) is 11.4 Å². The lowest BCUT2D eigenvalue weighted by atomic mass is 10.1. The third-order valence-corrected chi connectivity index (χ3v) is 3.53. The maximum atomic E-state index is 10.9. The van der Waals surface area contributed by atoms with E-state index in [-0.39, 0.29) is 0 Å². The number of aryl methyl sites for hydroxylation is 2. The summed E-state index contributed by atoms with van der Waals surface area (Å²) in [6.07, 6.45) is 4.64. The van der Waals surface area contributed by atoms with Crippen LogP contribution in [0.2, 0.25) is 0 Å². The van der Waals surface area contributed by atoms with Crippen molar-refractivity contribution in [3.05, 3.63) is 65.5 Å². The van der Waals surface area contributed by atoms with Gasteiger partial charge in [-0.1, -0.05) is 29.8 Å². The molecule has 22 heavy (non-hydrogen) atoms. The van der Waals surface area contributed by atoms with Crippen molar-refractivity contribution in [1.29, 1.82) is 0 Å². The van der Waals surface area contributed by atoms with Gasteiger partial charge in [-0.3, -0.25) is 4.40 Å². The summed E-state index contributed by atoms with van der Waals surface area (Å²) in [4.78, 5) is 15.5. The van der Waals surface area contributed by atoms with Crippen LogP contribution in [0.1, 0.15) is 16.8 Å². The molecule has 2 aromatic heterocycles. The van der Waals surface area contributed by atoms with E-state index < -0.39 is 5.97 Å². The van der Waals surface area contributed by atoms with Crippen molar-refractivity contribution in [2.75, 3.05) is 0 Å². The van der Waals surface area contributed by atoms with Gasteiger partial charge in [-0.2, -0.15) is 0 Å². The fourth-order valence-corrected chi connectivity index (χ4v) is 2.40. The molecular weight excluding hydrogens is 276 g/mol. The summed E-state index contributed by atoms with van der Waals surface area (Å²) in [5.74, 6) is -0.975. The van der Waals surface area contributed by atoms with Crippen molar-refractivity contribution in [3.63, 3.8) is 0 Å². The van der Waals surface area contributed by atoms with Crippen LogP contribution < -0.4 is 0 Å². The molecule has 0 aliphatic heterocycles. The highest BCUT2D eigenvalue weighted by molar-refractivity contribution is 5.87. The second-order valence-corrected chi connectivity index (χ2v) is 5.32. The summed E-state index contributed by atoms with van der Waals surface area (Å²) < 4.78 is 1.90. The first kappa shape index (κ1) is 14.1. The number of carboxylic acids is 1. The minimum atomic E-state index is -0.975. The predicted octanol–water partition coefficient (Wildman–Crippen LogP) is 3.72. The van der Waals surface area contributed by atoms with Crippen molar-refractivity contribution in [3.8, 4) is 11.3 Å². The van der Waals surface area contributed by atoms with Crippen LogP contribution in [-0.2, 0) is 4.79 Å². The van der Waals surface area contributed by atoms with Crippen molar-refractivity contribution < 1.29 is 9.90 Å². The highest BCUT2D eigenvalue weighted by Gasteiger charge is 2.12. The second-order valence-electron chi connectivity index (χ2n) is 5.32. The molecular formula is C18H16N2O2. The van der Waals surface area contributed by atoms with Crippen LogP contribution in [0, 0.1) is 13.8 Å². The first-order chi connectivity index (χ1) is 10.5. The van der Waals surface area contributed by atoms with Crippen LogP contribution in [0.3, 0.4) is 0 Å². The molecule has 1 N–H and O–H groups in total. The number of carboxylic acid groups (broad SMARTS) is 1. The highest BCUT2D eigenvalue weighted by atomic mass is 16.4. The molecule has 110 valence electrons. The van der Waals surface area contributed by atoms with E-state index in [0.717, 1.165) is 34.2 Å². The molecule has 0 radical (unpaired) electrons. The number of hydrogen-bond acceptors (Lipinski definition) is 2. The standard InChI is InChI=1S/C18H16N2O2/c1-12-3-5-14(6-4-12)18-15(7-8-17(21)22)20-10-9-13(2)11-16(20)19-18/h3-11H,1-2H3,(H,21,22)/b8-7+. The molecule has 4 heteroatoms. The van der Waals surface area contributed by atoms with E-state index in [0.29, 0.717) is 0 Å². The van der Waals surface area contributed by atoms with E-state index in [1.807, 2.05) is 60.8 Å². The number of carbonyl (C=O) groups is 1. The number of pyridine rings is 1. The Labute approximate surface area is 128 Å². The Kier molecular flexibility index (Phi) is 3.51. The van der Waals surface area contributed by atoms with E-state index in [2.05, 4.69) is 4.98 Å². The molecule has 0 aliphatic rings. The molecule has 0 fully saturated rings. The van der Waals surface area contributed by atoms with Gasteiger partial charge >= 0.3 is 5.97 Å². The molecule has 2 heterocycles. The zero-order valence-corrected chi connectivity index (χ0v) is 12.4. The zero-order chi connectivity index (χ0) is 15.7. The van der Waals surface area contributed by atoms with Gasteiger partial charge in [-0.25, -0.2) is 9.78 Å².